The quantitative estimate of drug-likeness (QED) is 0.529. The Hall–Kier alpha value is -3.47. The van der Waals surface area contributed by atoms with Crippen LogP contribution in [-0.4, -0.2) is 14.3 Å². The SMILES string of the molecule is O=C(Nc1ccc(S(=O)(=O)Nc2ccccc2C(F)(F)F)cc1F)c1ccccc1F. The van der Waals surface area contributed by atoms with Crippen molar-refractivity contribution in [1.29, 1.82) is 0 Å². The van der Waals surface area contributed by atoms with Crippen LogP contribution in [0.1, 0.15) is 15.9 Å². The molecule has 11 heteroatoms. The molecule has 0 atom stereocenters. The molecule has 0 aromatic heterocycles. The lowest BCUT2D eigenvalue weighted by atomic mass is 10.2. The van der Waals surface area contributed by atoms with Gasteiger partial charge < -0.3 is 5.32 Å². The van der Waals surface area contributed by atoms with Crippen LogP contribution in [0.5, 0.6) is 0 Å². The Morgan fingerprint density at radius 1 is 0.806 bits per heavy atom. The van der Waals surface area contributed by atoms with Crippen LogP contribution >= 0.6 is 0 Å². The first-order valence-electron chi connectivity index (χ1n) is 8.53. The molecular formula is C20H13F5N2O3S. The smallest absolute Gasteiger partial charge is 0.319 e. The molecule has 1 amide bonds. The van der Waals surface area contributed by atoms with Gasteiger partial charge in [0.1, 0.15) is 11.6 Å². The fourth-order valence-corrected chi connectivity index (χ4v) is 3.71. The number of para-hydroxylation sites is 1. The highest BCUT2D eigenvalue weighted by molar-refractivity contribution is 7.92. The van der Waals surface area contributed by atoms with Crippen molar-refractivity contribution in [1.82, 2.24) is 0 Å². The molecule has 2 N–H and O–H groups in total. The summed E-state index contributed by atoms with van der Waals surface area (Å²) in [5.74, 6) is -2.99. The Bertz CT molecular complexity index is 1240. The predicted molar refractivity (Wildman–Crippen MR) is 103 cm³/mol. The minimum Gasteiger partial charge on any atom is -0.319 e. The first kappa shape index (κ1) is 22.2. The van der Waals surface area contributed by atoms with E-state index < -0.39 is 55.6 Å². The third-order valence-electron chi connectivity index (χ3n) is 4.09. The molecule has 162 valence electrons. The van der Waals surface area contributed by atoms with Gasteiger partial charge in [0.25, 0.3) is 15.9 Å². The zero-order valence-electron chi connectivity index (χ0n) is 15.4. The molecule has 3 rings (SSSR count). The lowest BCUT2D eigenvalue weighted by Gasteiger charge is -2.15. The van der Waals surface area contributed by atoms with Crippen LogP contribution in [0, 0.1) is 11.6 Å². The normalized spacial score (nSPS) is 11.8. The highest BCUT2D eigenvalue weighted by atomic mass is 32.2. The third-order valence-corrected chi connectivity index (χ3v) is 5.46. The van der Waals surface area contributed by atoms with Gasteiger partial charge in [0, 0.05) is 0 Å². The summed E-state index contributed by atoms with van der Waals surface area (Å²) in [6.07, 6.45) is -4.81. The van der Waals surface area contributed by atoms with Crippen molar-refractivity contribution in [2.24, 2.45) is 0 Å². The van der Waals surface area contributed by atoms with Crippen molar-refractivity contribution in [2.75, 3.05) is 10.0 Å². The molecule has 31 heavy (non-hydrogen) atoms. The monoisotopic (exact) mass is 456 g/mol. The molecule has 0 unspecified atom stereocenters. The Balaban J connectivity index is 1.86. The number of anilines is 2. The number of hydrogen-bond donors (Lipinski definition) is 2. The first-order chi connectivity index (χ1) is 14.5. The summed E-state index contributed by atoms with van der Waals surface area (Å²) >= 11 is 0. The molecule has 0 aliphatic carbocycles. The van der Waals surface area contributed by atoms with Crippen LogP contribution in [0.2, 0.25) is 0 Å². The summed E-state index contributed by atoms with van der Waals surface area (Å²) < 4.78 is 93.9. The van der Waals surface area contributed by atoms with Gasteiger partial charge in [0.2, 0.25) is 0 Å². The Morgan fingerprint density at radius 2 is 1.45 bits per heavy atom. The van der Waals surface area contributed by atoms with Gasteiger partial charge in [-0.25, -0.2) is 17.2 Å². The number of hydrogen-bond acceptors (Lipinski definition) is 3. The molecule has 0 saturated heterocycles. The third kappa shape index (κ3) is 5.00. The lowest BCUT2D eigenvalue weighted by Crippen LogP contribution is -2.18. The molecule has 0 aliphatic heterocycles. The van der Waals surface area contributed by atoms with Gasteiger partial charge in [-0.1, -0.05) is 24.3 Å². The maximum absolute atomic E-state index is 14.4. The van der Waals surface area contributed by atoms with E-state index in [0.717, 1.165) is 30.3 Å². The largest absolute Gasteiger partial charge is 0.418 e. The number of carbonyl (C=O) groups is 1. The van der Waals surface area contributed by atoms with E-state index >= 15 is 0 Å². The molecular weight excluding hydrogens is 443 g/mol. The van der Waals surface area contributed by atoms with Crippen molar-refractivity contribution in [3.05, 3.63) is 89.5 Å². The van der Waals surface area contributed by atoms with Gasteiger partial charge in [-0.2, -0.15) is 13.2 Å². The standard InChI is InChI=1S/C20H13F5N2O3S/c21-15-7-3-1-5-13(15)19(28)26-18-10-9-12(11-16(18)22)31(29,30)27-17-8-4-2-6-14(17)20(23,24)25/h1-11,27H,(H,26,28). The van der Waals surface area contributed by atoms with Gasteiger partial charge in [-0.3, -0.25) is 9.52 Å². The molecule has 3 aromatic rings. The van der Waals surface area contributed by atoms with E-state index in [1.54, 1.807) is 4.72 Å². The highest BCUT2D eigenvalue weighted by Crippen LogP contribution is 2.35. The van der Waals surface area contributed by atoms with E-state index in [1.807, 2.05) is 0 Å². The molecule has 0 fully saturated rings. The predicted octanol–water partition coefficient (Wildman–Crippen LogP) is 5.04. The summed E-state index contributed by atoms with van der Waals surface area (Å²) in [6.45, 7) is 0. The van der Waals surface area contributed by atoms with E-state index in [-0.39, 0.29) is 5.56 Å². The van der Waals surface area contributed by atoms with Gasteiger partial charge in [-0.05, 0) is 42.5 Å². The second-order valence-corrected chi connectivity index (χ2v) is 7.91. The molecule has 0 spiro atoms. The summed E-state index contributed by atoms with van der Waals surface area (Å²) in [4.78, 5) is 11.4. The summed E-state index contributed by atoms with van der Waals surface area (Å²) in [5, 5.41) is 2.11. The summed E-state index contributed by atoms with van der Waals surface area (Å²) in [7, 11) is -4.59. The van der Waals surface area contributed by atoms with E-state index in [9.17, 15) is 35.2 Å². The van der Waals surface area contributed by atoms with Crippen LogP contribution in [-0.2, 0) is 16.2 Å². The van der Waals surface area contributed by atoms with E-state index in [1.165, 1.54) is 24.3 Å². The number of amides is 1. The van der Waals surface area contributed by atoms with Gasteiger partial charge in [0.15, 0.2) is 0 Å². The molecule has 0 heterocycles. The molecule has 0 aliphatic rings. The van der Waals surface area contributed by atoms with E-state index in [0.29, 0.717) is 12.1 Å². The second kappa shape index (κ2) is 8.34. The van der Waals surface area contributed by atoms with Crippen molar-refractivity contribution in [2.45, 2.75) is 11.1 Å². The topological polar surface area (TPSA) is 75.3 Å². The molecule has 3 aromatic carbocycles. The number of carbonyl (C=O) groups excluding carboxylic acids is 1. The van der Waals surface area contributed by atoms with Crippen LogP contribution < -0.4 is 10.0 Å². The zero-order chi connectivity index (χ0) is 22.8. The second-order valence-electron chi connectivity index (χ2n) is 6.22. The Kier molecular flexibility index (Phi) is 5.98. The maximum Gasteiger partial charge on any atom is 0.418 e. The van der Waals surface area contributed by atoms with E-state index in [2.05, 4.69) is 5.32 Å². The number of alkyl halides is 3. The molecule has 0 saturated carbocycles. The van der Waals surface area contributed by atoms with Crippen molar-refractivity contribution in [3.63, 3.8) is 0 Å². The minimum absolute atomic E-state index is 0.357. The number of sulfonamides is 1. The van der Waals surface area contributed by atoms with Crippen molar-refractivity contribution >= 4 is 27.3 Å². The highest BCUT2D eigenvalue weighted by Gasteiger charge is 2.34. The van der Waals surface area contributed by atoms with Crippen molar-refractivity contribution in [3.8, 4) is 0 Å². The van der Waals surface area contributed by atoms with Crippen LogP contribution in [0.15, 0.2) is 71.6 Å². The van der Waals surface area contributed by atoms with Crippen molar-refractivity contribution < 1.29 is 35.2 Å². The number of nitrogens with one attached hydrogen (secondary N) is 2. The van der Waals surface area contributed by atoms with Gasteiger partial charge >= 0.3 is 6.18 Å². The molecule has 5 nitrogen and oxygen atoms in total. The number of benzene rings is 3. The lowest BCUT2D eigenvalue weighted by molar-refractivity contribution is -0.136. The first-order valence-corrected chi connectivity index (χ1v) is 10.0. The Morgan fingerprint density at radius 3 is 2.10 bits per heavy atom. The Labute approximate surface area is 173 Å². The van der Waals surface area contributed by atoms with Crippen LogP contribution in [0.3, 0.4) is 0 Å². The molecule has 0 radical (unpaired) electrons. The zero-order valence-corrected chi connectivity index (χ0v) is 16.2. The summed E-state index contributed by atoms with van der Waals surface area (Å²) in [6, 6.07) is 11.2. The van der Waals surface area contributed by atoms with E-state index in [4.69, 9.17) is 0 Å². The minimum atomic E-state index is -4.81. The average Bonchev–Trinajstić information content (AvgIpc) is 2.69. The number of halogens is 5. The average molecular weight is 456 g/mol. The van der Waals surface area contributed by atoms with Crippen LogP contribution in [0.4, 0.5) is 33.3 Å². The fraction of sp³-hybridized carbons (Fsp3) is 0.0500. The maximum atomic E-state index is 14.4. The summed E-state index contributed by atoms with van der Waals surface area (Å²) in [5.41, 5.74) is -2.74. The molecule has 0 bridgehead atoms. The number of rotatable bonds is 5. The van der Waals surface area contributed by atoms with Gasteiger partial charge in [0.05, 0.1) is 27.4 Å². The van der Waals surface area contributed by atoms with Gasteiger partial charge in [-0.15, -0.1) is 0 Å². The van der Waals surface area contributed by atoms with Crippen LogP contribution in [0.25, 0.3) is 0 Å². The fourth-order valence-electron chi connectivity index (χ4n) is 2.62.